The first-order chi connectivity index (χ1) is 8.99. The topological polar surface area (TPSA) is 80.7 Å². The van der Waals surface area contributed by atoms with Crippen LogP contribution >= 0.6 is 11.6 Å². The number of esters is 1. The normalized spacial score (nSPS) is 10.0. The maximum absolute atomic E-state index is 11.7. The maximum Gasteiger partial charge on any atom is 0.338 e. The van der Waals surface area contributed by atoms with Gasteiger partial charge in [0, 0.05) is 6.42 Å². The van der Waals surface area contributed by atoms with E-state index in [0.717, 1.165) is 0 Å². The number of carbonyl (C=O) groups excluding carboxylic acids is 2. The van der Waals surface area contributed by atoms with Crippen molar-refractivity contribution in [3.8, 4) is 0 Å². The Morgan fingerprint density at radius 3 is 2.53 bits per heavy atom. The van der Waals surface area contributed by atoms with Crippen LogP contribution in [0.2, 0.25) is 0 Å². The van der Waals surface area contributed by atoms with Crippen LogP contribution in [-0.4, -0.2) is 35.3 Å². The minimum absolute atomic E-state index is 0.00502. The van der Waals surface area contributed by atoms with Gasteiger partial charge in [-0.15, -0.1) is 11.6 Å². The summed E-state index contributed by atoms with van der Waals surface area (Å²) in [5.74, 6) is -2.21. The first kappa shape index (κ1) is 15.2. The number of carbonyl (C=O) groups is 3. The standard InChI is InChI=1S/C13H13ClO5/c1-2-19-13(18)11-4-3-8(12(16)17)5-9(11)6-10(15)7-14/h3-5H,2,6-7H2,1H3,(H,16,17). The Labute approximate surface area is 115 Å². The fraction of sp³-hybridized carbons (Fsp3) is 0.308. The van der Waals surface area contributed by atoms with Crippen molar-refractivity contribution < 1.29 is 24.2 Å². The van der Waals surface area contributed by atoms with Crippen molar-refractivity contribution in [2.45, 2.75) is 13.3 Å². The Bertz CT molecular complexity index is 510. The van der Waals surface area contributed by atoms with E-state index in [0.29, 0.717) is 5.56 Å². The Kier molecular flexibility index (Phi) is 5.51. The summed E-state index contributed by atoms with van der Waals surface area (Å²) in [6, 6.07) is 3.93. The van der Waals surface area contributed by atoms with Gasteiger partial charge in [0.05, 0.1) is 23.6 Å². The molecule has 6 heteroatoms. The number of ketones is 1. The van der Waals surface area contributed by atoms with Gasteiger partial charge in [-0.05, 0) is 30.7 Å². The molecule has 102 valence electrons. The molecule has 0 bridgehead atoms. The highest BCUT2D eigenvalue weighted by atomic mass is 35.5. The van der Waals surface area contributed by atoms with Gasteiger partial charge in [0.15, 0.2) is 5.78 Å². The molecule has 0 fully saturated rings. The Hall–Kier alpha value is -1.88. The molecule has 0 spiro atoms. The molecule has 0 unspecified atom stereocenters. The number of Topliss-reactive ketones (excluding diaryl/α,β-unsaturated/α-hetero) is 1. The molecule has 0 aliphatic carbocycles. The molecule has 5 nitrogen and oxygen atoms in total. The lowest BCUT2D eigenvalue weighted by Gasteiger charge is -2.09. The molecule has 1 N–H and O–H groups in total. The molecular formula is C13H13ClO5. The number of aromatic carboxylic acids is 1. The van der Waals surface area contributed by atoms with E-state index in [1.807, 2.05) is 0 Å². The van der Waals surface area contributed by atoms with Crippen molar-refractivity contribution in [1.82, 2.24) is 0 Å². The van der Waals surface area contributed by atoms with E-state index in [4.69, 9.17) is 21.4 Å². The molecule has 0 aliphatic rings. The highest BCUT2D eigenvalue weighted by Gasteiger charge is 2.17. The summed E-state index contributed by atoms with van der Waals surface area (Å²) in [6.07, 6.45) is -0.0984. The van der Waals surface area contributed by atoms with Gasteiger partial charge in [-0.3, -0.25) is 4.79 Å². The molecule has 0 saturated heterocycles. The summed E-state index contributed by atoms with van der Waals surface area (Å²) in [6.45, 7) is 1.86. The van der Waals surface area contributed by atoms with Crippen LogP contribution < -0.4 is 0 Å². The Balaban J connectivity index is 3.18. The highest BCUT2D eigenvalue weighted by Crippen LogP contribution is 2.15. The Morgan fingerprint density at radius 1 is 1.32 bits per heavy atom. The van der Waals surface area contributed by atoms with Crippen molar-refractivity contribution in [3.63, 3.8) is 0 Å². The molecule has 0 atom stereocenters. The van der Waals surface area contributed by atoms with E-state index in [1.54, 1.807) is 6.92 Å². The monoisotopic (exact) mass is 284 g/mol. The Morgan fingerprint density at radius 2 is 2.00 bits per heavy atom. The van der Waals surface area contributed by atoms with E-state index in [1.165, 1.54) is 18.2 Å². The van der Waals surface area contributed by atoms with Crippen LogP contribution in [0.4, 0.5) is 0 Å². The van der Waals surface area contributed by atoms with E-state index in [-0.39, 0.29) is 35.8 Å². The molecule has 0 radical (unpaired) electrons. The predicted molar refractivity (Wildman–Crippen MR) is 68.8 cm³/mol. The predicted octanol–water partition coefficient (Wildman–Crippen LogP) is 1.91. The van der Waals surface area contributed by atoms with E-state index < -0.39 is 11.9 Å². The largest absolute Gasteiger partial charge is 0.478 e. The van der Waals surface area contributed by atoms with Crippen molar-refractivity contribution in [1.29, 1.82) is 0 Å². The number of carboxylic acids is 1. The number of ether oxygens (including phenoxy) is 1. The lowest BCUT2D eigenvalue weighted by atomic mass is 9.99. The molecule has 0 aromatic heterocycles. The second-order valence-corrected chi connectivity index (χ2v) is 4.01. The zero-order valence-electron chi connectivity index (χ0n) is 10.3. The van der Waals surface area contributed by atoms with Crippen LogP contribution in [0.25, 0.3) is 0 Å². The summed E-state index contributed by atoms with van der Waals surface area (Å²) in [5, 5.41) is 8.91. The maximum atomic E-state index is 11.7. The zero-order chi connectivity index (χ0) is 14.4. The highest BCUT2D eigenvalue weighted by molar-refractivity contribution is 6.27. The van der Waals surface area contributed by atoms with E-state index in [9.17, 15) is 14.4 Å². The van der Waals surface area contributed by atoms with Crippen LogP contribution in [0.3, 0.4) is 0 Å². The summed E-state index contributed by atoms with van der Waals surface area (Å²) >= 11 is 5.42. The third-order valence-corrected chi connectivity index (χ3v) is 2.68. The number of alkyl halides is 1. The second kappa shape index (κ2) is 6.89. The number of carboxylic acid groups (broad SMARTS) is 1. The smallest absolute Gasteiger partial charge is 0.338 e. The van der Waals surface area contributed by atoms with Gasteiger partial charge in [0.1, 0.15) is 0 Å². The first-order valence-corrected chi connectivity index (χ1v) is 6.14. The van der Waals surface area contributed by atoms with Gasteiger partial charge in [-0.25, -0.2) is 9.59 Å². The summed E-state index contributed by atoms with van der Waals surface area (Å²) in [7, 11) is 0. The summed E-state index contributed by atoms with van der Waals surface area (Å²) in [5.41, 5.74) is 0.500. The molecule has 0 aliphatic heterocycles. The molecule has 1 aromatic carbocycles. The molecule has 1 aromatic rings. The quantitative estimate of drug-likeness (QED) is 0.637. The first-order valence-electron chi connectivity index (χ1n) is 5.60. The number of rotatable bonds is 6. The van der Waals surface area contributed by atoms with Gasteiger partial charge >= 0.3 is 11.9 Å². The molecule has 0 amide bonds. The van der Waals surface area contributed by atoms with Crippen molar-refractivity contribution in [2.75, 3.05) is 12.5 Å². The van der Waals surface area contributed by atoms with Crippen molar-refractivity contribution in [3.05, 3.63) is 34.9 Å². The van der Waals surface area contributed by atoms with Crippen LogP contribution in [-0.2, 0) is 16.0 Å². The average Bonchev–Trinajstić information content (AvgIpc) is 2.38. The SMILES string of the molecule is CCOC(=O)c1ccc(C(=O)O)cc1CC(=O)CCl. The molecule has 19 heavy (non-hydrogen) atoms. The second-order valence-electron chi connectivity index (χ2n) is 3.75. The third-order valence-electron chi connectivity index (χ3n) is 2.38. The minimum atomic E-state index is -1.13. The lowest BCUT2D eigenvalue weighted by molar-refractivity contribution is -0.116. The van der Waals surface area contributed by atoms with Gasteiger partial charge < -0.3 is 9.84 Å². The fourth-order valence-electron chi connectivity index (χ4n) is 1.54. The molecule has 0 saturated carbocycles. The van der Waals surface area contributed by atoms with Crippen LogP contribution in [0.15, 0.2) is 18.2 Å². The van der Waals surface area contributed by atoms with Crippen LogP contribution in [0.5, 0.6) is 0 Å². The minimum Gasteiger partial charge on any atom is -0.478 e. The van der Waals surface area contributed by atoms with Crippen LogP contribution in [0, 0.1) is 0 Å². The third kappa shape index (κ3) is 4.06. The van der Waals surface area contributed by atoms with Crippen molar-refractivity contribution in [2.24, 2.45) is 0 Å². The number of halogens is 1. The zero-order valence-corrected chi connectivity index (χ0v) is 11.1. The number of hydrogen-bond acceptors (Lipinski definition) is 4. The summed E-state index contributed by atoms with van der Waals surface area (Å²) in [4.78, 5) is 34.0. The van der Waals surface area contributed by atoms with Gasteiger partial charge in [0.2, 0.25) is 0 Å². The molecule has 1 rings (SSSR count). The van der Waals surface area contributed by atoms with E-state index in [2.05, 4.69) is 0 Å². The van der Waals surface area contributed by atoms with Crippen LogP contribution in [0.1, 0.15) is 33.2 Å². The lowest BCUT2D eigenvalue weighted by Crippen LogP contribution is -2.13. The molecule has 0 heterocycles. The summed E-state index contributed by atoms with van der Waals surface area (Å²) < 4.78 is 4.85. The van der Waals surface area contributed by atoms with Gasteiger partial charge in [-0.1, -0.05) is 0 Å². The van der Waals surface area contributed by atoms with Gasteiger partial charge in [0.25, 0.3) is 0 Å². The van der Waals surface area contributed by atoms with E-state index >= 15 is 0 Å². The van der Waals surface area contributed by atoms with Gasteiger partial charge in [-0.2, -0.15) is 0 Å². The number of benzene rings is 1. The molecular weight excluding hydrogens is 272 g/mol. The van der Waals surface area contributed by atoms with Crippen molar-refractivity contribution >= 4 is 29.3 Å². The fourth-order valence-corrected chi connectivity index (χ4v) is 1.64. The average molecular weight is 285 g/mol. The number of hydrogen-bond donors (Lipinski definition) is 1.